The Balaban J connectivity index is 3.62. The van der Waals surface area contributed by atoms with Crippen LogP contribution in [0.2, 0.25) is 0 Å². The fourth-order valence-electron chi connectivity index (χ4n) is 1.08. The van der Waals surface area contributed by atoms with E-state index >= 15 is 0 Å². The number of nitro benzene ring substituents is 2. The molecular weight excluding hydrogens is 224 g/mol. The van der Waals surface area contributed by atoms with Gasteiger partial charge in [-0.2, -0.15) is 0 Å². The molecule has 0 saturated carbocycles. The number of methoxy groups -OCH3 is 1. The molecule has 1 aromatic rings. The minimum Gasteiger partial charge on any atom is -0.499 e. The molecule has 0 unspecified atom stereocenters. The summed E-state index contributed by atoms with van der Waals surface area (Å²) in [5.74, 6) is -2.63. The molecule has 0 radical (unpaired) electrons. The van der Waals surface area contributed by atoms with Crippen LogP contribution in [0.25, 0.3) is 0 Å². The van der Waals surface area contributed by atoms with Crippen LogP contribution in [0.15, 0.2) is 6.07 Å². The molecule has 0 aromatic heterocycles. The Hall–Kier alpha value is -2.58. The molecule has 0 atom stereocenters. The first-order valence-electron chi connectivity index (χ1n) is 3.81. The average Bonchev–Trinajstić information content (AvgIpc) is 2.17. The Kier molecular flexibility index (Phi) is 2.79. The lowest BCUT2D eigenvalue weighted by Gasteiger charge is -2.05. The molecule has 0 aliphatic heterocycles. The zero-order valence-corrected chi connectivity index (χ0v) is 7.91. The van der Waals surface area contributed by atoms with Crippen LogP contribution in [0, 0.1) is 20.2 Å². The number of ether oxygens (including phenoxy) is 1. The molecule has 9 nitrogen and oxygen atoms in total. The molecule has 16 heavy (non-hydrogen) atoms. The van der Waals surface area contributed by atoms with Crippen LogP contribution >= 0.6 is 0 Å². The monoisotopic (exact) mass is 230 g/mol. The molecule has 0 heterocycles. The third kappa shape index (κ3) is 1.65. The standard InChI is InChI=1S/C7H6N2O7/c1-16-7-5(10)3(8(12)13)2-4(6(7)11)9(14)15/h2,10-11H,1H3. The maximum absolute atomic E-state index is 10.5. The largest absolute Gasteiger partial charge is 0.499 e. The Morgan fingerprint density at radius 1 is 1.12 bits per heavy atom. The molecule has 9 heteroatoms. The summed E-state index contributed by atoms with van der Waals surface area (Å²) in [4.78, 5) is 18.9. The maximum Gasteiger partial charge on any atom is 0.321 e. The summed E-state index contributed by atoms with van der Waals surface area (Å²) in [6, 6.07) is 0.452. The smallest absolute Gasteiger partial charge is 0.321 e. The van der Waals surface area contributed by atoms with E-state index in [4.69, 9.17) is 0 Å². The highest BCUT2D eigenvalue weighted by Gasteiger charge is 2.30. The predicted molar refractivity (Wildman–Crippen MR) is 49.6 cm³/mol. The molecule has 86 valence electrons. The SMILES string of the molecule is COc1c(O)c([N+](=O)[O-])cc([N+](=O)[O-])c1O. The van der Waals surface area contributed by atoms with E-state index < -0.39 is 38.5 Å². The fourth-order valence-corrected chi connectivity index (χ4v) is 1.08. The molecule has 0 aliphatic rings. The van der Waals surface area contributed by atoms with E-state index in [2.05, 4.69) is 4.74 Å². The van der Waals surface area contributed by atoms with Crippen LogP contribution in [0.5, 0.6) is 17.2 Å². The van der Waals surface area contributed by atoms with Gasteiger partial charge in [0.2, 0.25) is 17.2 Å². The van der Waals surface area contributed by atoms with Crippen LogP contribution in [0.3, 0.4) is 0 Å². The summed E-state index contributed by atoms with van der Waals surface area (Å²) in [5, 5.41) is 39.5. The number of phenols is 2. The minimum atomic E-state index is -1.02. The second-order valence-electron chi connectivity index (χ2n) is 2.66. The van der Waals surface area contributed by atoms with Crippen molar-refractivity contribution in [2.24, 2.45) is 0 Å². The zero-order valence-electron chi connectivity index (χ0n) is 7.91. The summed E-state index contributed by atoms with van der Waals surface area (Å²) in [6.07, 6.45) is 0. The van der Waals surface area contributed by atoms with E-state index in [-0.39, 0.29) is 0 Å². The van der Waals surface area contributed by atoms with Crippen LogP contribution in [-0.4, -0.2) is 27.2 Å². The van der Waals surface area contributed by atoms with Gasteiger partial charge in [0.05, 0.1) is 17.0 Å². The van der Waals surface area contributed by atoms with Crippen molar-refractivity contribution < 1.29 is 24.8 Å². The second-order valence-corrected chi connectivity index (χ2v) is 2.66. The molecule has 0 amide bonds. The average molecular weight is 230 g/mol. The molecule has 0 bridgehead atoms. The normalized spacial score (nSPS) is 9.81. The van der Waals surface area contributed by atoms with Gasteiger partial charge in [0.15, 0.2) is 0 Å². The molecule has 1 aromatic carbocycles. The van der Waals surface area contributed by atoms with Crippen LogP contribution < -0.4 is 4.74 Å². The number of benzene rings is 1. The minimum absolute atomic E-state index is 0.452. The number of aromatic hydroxyl groups is 2. The molecule has 1 rings (SSSR count). The molecule has 0 saturated heterocycles. The van der Waals surface area contributed by atoms with E-state index in [1.54, 1.807) is 0 Å². The molecular formula is C7H6N2O7. The molecule has 0 aliphatic carbocycles. The number of phenolic OH excluding ortho intramolecular Hbond substituents is 2. The van der Waals surface area contributed by atoms with Gasteiger partial charge in [0.1, 0.15) is 6.07 Å². The molecule has 2 N–H and O–H groups in total. The maximum atomic E-state index is 10.5. The van der Waals surface area contributed by atoms with E-state index in [0.717, 1.165) is 7.11 Å². The summed E-state index contributed by atoms with van der Waals surface area (Å²) in [6.45, 7) is 0. The highest BCUT2D eigenvalue weighted by atomic mass is 16.6. The van der Waals surface area contributed by atoms with Gasteiger partial charge in [0, 0.05) is 0 Å². The van der Waals surface area contributed by atoms with Crippen LogP contribution in [0.4, 0.5) is 11.4 Å². The highest BCUT2D eigenvalue weighted by molar-refractivity contribution is 5.69. The topological polar surface area (TPSA) is 136 Å². The van der Waals surface area contributed by atoms with Gasteiger partial charge in [0.25, 0.3) is 0 Å². The number of hydrogen-bond donors (Lipinski definition) is 2. The molecule has 0 fully saturated rings. The fraction of sp³-hybridized carbons (Fsp3) is 0.143. The molecule has 0 spiro atoms. The lowest BCUT2D eigenvalue weighted by molar-refractivity contribution is -0.395. The first kappa shape index (κ1) is 11.5. The van der Waals surface area contributed by atoms with Crippen LogP contribution in [0.1, 0.15) is 0 Å². The van der Waals surface area contributed by atoms with Gasteiger partial charge in [-0.3, -0.25) is 20.2 Å². The summed E-state index contributed by atoms with van der Waals surface area (Å²) < 4.78 is 4.45. The lowest BCUT2D eigenvalue weighted by Crippen LogP contribution is -1.96. The van der Waals surface area contributed by atoms with Crippen molar-refractivity contribution in [1.82, 2.24) is 0 Å². The Labute approximate surface area is 87.8 Å². The van der Waals surface area contributed by atoms with Gasteiger partial charge in [-0.05, 0) is 0 Å². The second kappa shape index (κ2) is 3.88. The van der Waals surface area contributed by atoms with Gasteiger partial charge >= 0.3 is 11.4 Å². The predicted octanol–water partition coefficient (Wildman–Crippen LogP) is 0.923. The quantitative estimate of drug-likeness (QED) is 0.581. The Morgan fingerprint density at radius 3 is 1.75 bits per heavy atom. The Morgan fingerprint density at radius 2 is 1.50 bits per heavy atom. The van der Waals surface area contributed by atoms with Crippen molar-refractivity contribution in [1.29, 1.82) is 0 Å². The van der Waals surface area contributed by atoms with Crippen molar-refractivity contribution in [2.45, 2.75) is 0 Å². The van der Waals surface area contributed by atoms with Crippen molar-refractivity contribution in [3.05, 3.63) is 26.3 Å². The zero-order chi connectivity index (χ0) is 12.5. The third-order valence-electron chi connectivity index (χ3n) is 1.79. The van der Waals surface area contributed by atoms with Gasteiger partial charge in [-0.25, -0.2) is 0 Å². The highest BCUT2D eigenvalue weighted by Crippen LogP contribution is 2.47. The first-order chi connectivity index (χ1) is 7.40. The van der Waals surface area contributed by atoms with Crippen molar-refractivity contribution in [2.75, 3.05) is 7.11 Å². The summed E-state index contributed by atoms with van der Waals surface area (Å²) in [7, 11) is 1.00. The van der Waals surface area contributed by atoms with E-state index in [1.807, 2.05) is 0 Å². The number of rotatable bonds is 3. The van der Waals surface area contributed by atoms with Gasteiger partial charge < -0.3 is 14.9 Å². The van der Waals surface area contributed by atoms with Gasteiger partial charge in [-0.15, -0.1) is 0 Å². The summed E-state index contributed by atoms with van der Waals surface area (Å²) in [5.41, 5.74) is -1.83. The Bertz CT molecular complexity index is 432. The van der Waals surface area contributed by atoms with E-state index in [0.29, 0.717) is 6.07 Å². The van der Waals surface area contributed by atoms with Crippen LogP contribution in [-0.2, 0) is 0 Å². The van der Waals surface area contributed by atoms with E-state index in [9.17, 15) is 30.4 Å². The number of nitro groups is 2. The summed E-state index contributed by atoms with van der Waals surface area (Å²) >= 11 is 0. The van der Waals surface area contributed by atoms with Crippen molar-refractivity contribution in [3.63, 3.8) is 0 Å². The van der Waals surface area contributed by atoms with Crippen molar-refractivity contribution >= 4 is 11.4 Å². The van der Waals surface area contributed by atoms with Crippen molar-refractivity contribution in [3.8, 4) is 17.2 Å². The lowest BCUT2D eigenvalue weighted by atomic mass is 10.2. The van der Waals surface area contributed by atoms with E-state index in [1.165, 1.54) is 0 Å². The first-order valence-corrected chi connectivity index (χ1v) is 3.81. The number of hydrogen-bond acceptors (Lipinski definition) is 7. The third-order valence-corrected chi connectivity index (χ3v) is 1.79. The van der Waals surface area contributed by atoms with Gasteiger partial charge in [-0.1, -0.05) is 0 Å². The number of nitrogens with zero attached hydrogens (tertiary/aromatic N) is 2.